The second-order valence-corrected chi connectivity index (χ2v) is 6.58. The van der Waals surface area contributed by atoms with E-state index in [0.29, 0.717) is 6.42 Å². The summed E-state index contributed by atoms with van der Waals surface area (Å²) in [5.41, 5.74) is 1.51. The molecule has 0 aliphatic heterocycles. The smallest absolute Gasteiger partial charge is 0.227 e. The predicted octanol–water partition coefficient (Wildman–Crippen LogP) is 3.94. The first-order chi connectivity index (χ1) is 10.7. The van der Waals surface area contributed by atoms with E-state index in [4.69, 9.17) is 0 Å². The van der Waals surface area contributed by atoms with Gasteiger partial charge in [0.15, 0.2) is 0 Å². The fraction of sp³-hybridized carbons (Fsp3) is 0.556. The molecular weight excluding hydrogens is 276 g/mol. The molecule has 2 aliphatic rings. The molecule has 0 bridgehead atoms. The minimum atomic E-state index is 0.0672. The quantitative estimate of drug-likeness (QED) is 0.836. The molecule has 0 aromatic heterocycles. The first-order valence-corrected chi connectivity index (χ1v) is 8.41. The Labute approximate surface area is 131 Å². The van der Waals surface area contributed by atoms with Crippen molar-refractivity contribution in [2.75, 3.05) is 10.6 Å². The fourth-order valence-corrected chi connectivity index (χ4v) is 3.12. The molecule has 0 heterocycles. The van der Waals surface area contributed by atoms with Crippen molar-refractivity contribution in [2.24, 2.45) is 11.8 Å². The molecule has 0 spiro atoms. The summed E-state index contributed by atoms with van der Waals surface area (Å²) in [6.45, 7) is 0. The first-order valence-electron chi connectivity index (χ1n) is 8.41. The molecule has 4 heteroatoms. The van der Waals surface area contributed by atoms with Crippen molar-refractivity contribution in [1.29, 1.82) is 0 Å². The van der Waals surface area contributed by atoms with Crippen LogP contribution in [0.3, 0.4) is 0 Å². The summed E-state index contributed by atoms with van der Waals surface area (Å²) in [7, 11) is 0. The van der Waals surface area contributed by atoms with E-state index in [1.807, 2.05) is 24.3 Å². The Morgan fingerprint density at radius 2 is 1.68 bits per heavy atom. The van der Waals surface area contributed by atoms with Crippen LogP contribution in [0.25, 0.3) is 0 Å². The summed E-state index contributed by atoms with van der Waals surface area (Å²) in [4.78, 5) is 23.8. The zero-order chi connectivity index (χ0) is 15.4. The van der Waals surface area contributed by atoms with Crippen molar-refractivity contribution in [1.82, 2.24) is 0 Å². The number of benzene rings is 1. The molecule has 2 aliphatic carbocycles. The standard InChI is InChI=1S/C18H24N2O2/c21-17(11-8-13-4-1-2-5-13)19-15-6-3-7-16(12-15)20-18(22)14-9-10-14/h3,6-7,12-14H,1-2,4-5,8-11H2,(H,19,21)(H,20,22). The van der Waals surface area contributed by atoms with Crippen molar-refractivity contribution in [3.63, 3.8) is 0 Å². The number of rotatable bonds is 6. The van der Waals surface area contributed by atoms with E-state index in [0.717, 1.165) is 36.6 Å². The molecule has 0 saturated heterocycles. The Balaban J connectivity index is 1.48. The molecule has 2 fully saturated rings. The van der Waals surface area contributed by atoms with E-state index in [-0.39, 0.29) is 17.7 Å². The van der Waals surface area contributed by atoms with Gasteiger partial charge >= 0.3 is 0 Å². The SMILES string of the molecule is O=C(CCC1CCCC1)Nc1cccc(NC(=O)C2CC2)c1. The van der Waals surface area contributed by atoms with Gasteiger partial charge < -0.3 is 10.6 Å². The largest absolute Gasteiger partial charge is 0.326 e. The number of carbonyl (C=O) groups is 2. The van der Waals surface area contributed by atoms with Gasteiger partial charge in [-0.2, -0.15) is 0 Å². The van der Waals surface area contributed by atoms with Crippen LogP contribution in [0.1, 0.15) is 51.4 Å². The average molecular weight is 300 g/mol. The van der Waals surface area contributed by atoms with Gasteiger partial charge in [0, 0.05) is 23.7 Å². The number of hydrogen-bond donors (Lipinski definition) is 2. The Bertz CT molecular complexity index is 546. The van der Waals surface area contributed by atoms with Gasteiger partial charge in [0.05, 0.1) is 0 Å². The normalized spacial score (nSPS) is 18.2. The van der Waals surface area contributed by atoms with E-state index in [1.54, 1.807) is 0 Å². The van der Waals surface area contributed by atoms with Gasteiger partial charge in [-0.05, 0) is 43.4 Å². The predicted molar refractivity (Wildman–Crippen MR) is 87.6 cm³/mol. The van der Waals surface area contributed by atoms with Crippen LogP contribution in [0.15, 0.2) is 24.3 Å². The van der Waals surface area contributed by atoms with Crippen LogP contribution in [-0.4, -0.2) is 11.8 Å². The summed E-state index contributed by atoms with van der Waals surface area (Å²) in [5, 5.41) is 5.84. The Hall–Kier alpha value is -1.84. The van der Waals surface area contributed by atoms with Gasteiger partial charge in [0.1, 0.15) is 0 Å². The summed E-state index contributed by atoms with van der Waals surface area (Å²) in [5.74, 6) is 1.07. The maximum absolute atomic E-state index is 12.0. The molecule has 2 amide bonds. The molecule has 2 N–H and O–H groups in total. The molecule has 118 valence electrons. The Morgan fingerprint density at radius 1 is 1.00 bits per heavy atom. The van der Waals surface area contributed by atoms with Crippen molar-refractivity contribution in [3.8, 4) is 0 Å². The fourth-order valence-electron chi connectivity index (χ4n) is 3.12. The molecule has 0 unspecified atom stereocenters. The van der Waals surface area contributed by atoms with E-state index >= 15 is 0 Å². The van der Waals surface area contributed by atoms with Gasteiger partial charge in [-0.1, -0.05) is 31.7 Å². The summed E-state index contributed by atoms with van der Waals surface area (Å²) in [6.07, 6.45) is 8.73. The van der Waals surface area contributed by atoms with Crippen LogP contribution in [0, 0.1) is 11.8 Å². The summed E-state index contributed by atoms with van der Waals surface area (Å²) >= 11 is 0. The lowest BCUT2D eigenvalue weighted by Gasteiger charge is -2.10. The molecule has 0 radical (unpaired) electrons. The third-order valence-corrected chi connectivity index (χ3v) is 4.62. The van der Waals surface area contributed by atoms with E-state index < -0.39 is 0 Å². The van der Waals surface area contributed by atoms with Gasteiger partial charge in [0.2, 0.25) is 11.8 Å². The van der Waals surface area contributed by atoms with E-state index in [1.165, 1.54) is 25.7 Å². The highest BCUT2D eigenvalue weighted by atomic mass is 16.2. The number of hydrogen-bond acceptors (Lipinski definition) is 2. The number of amides is 2. The van der Waals surface area contributed by atoms with Gasteiger partial charge in [0.25, 0.3) is 0 Å². The number of anilines is 2. The number of nitrogens with one attached hydrogen (secondary N) is 2. The van der Waals surface area contributed by atoms with Crippen molar-refractivity contribution in [3.05, 3.63) is 24.3 Å². The van der Waals surface area contributed by atoms with Gasteiger partial charge in [-0.25, -0.2) is 0 Å². The maximum atomic E-state index is 12.0. The van der Waals surface area contributed by atoms with Crippen molar-refractivity contribution in [2.45, 2.75) is 51.4 Å². The molecule has 1 aromatic carbocycles. The second kappa shape index (κ2) is 6.95. The third kappa shape index (κ3) is 4.33. The van der Waals surface area contributed by atoms with Crippen LogP contribution >= 0.6 is 0 Å². The molecule has 3 rings (SSSR count). The van der Waals surface area contributed by atoms with Gasteiger partial charge in [-0.15, -0.1) is 0 Å². The molecule has 2 saturated carbocycles. The van der Waals surface area contributed by atoms with Crippen LogP contribution in [0.4, 0.5) is 11.4 Å². The molecule has 4 nitrogen and oxygen atoms in total. The summed E-state index contributed by atoms with van der Waals surface area (Å²) < 4.78 is 0. The lowest BCUT2D eigenvalue weighted by Crippen LogP contribution is -2.15. The van der Waals surface area contributed by atoms with Gasteiger partial charge in [-0.3, -0.25) is 9.59 Å². The highest BCUT2D eigenvalue weighted by Crippen LogP contribution is 2.31. The highest BCUT2D eigenvalue weighted by Gasteiger charge is 2.29. The molecular formula is C18H24N2O2. The minimum absolute atomic E-state index is 0.0672. The van der Waals surface area contributed by atoms with E-state index in [2.05, 4.69) is 10.6 Å². The lowest BCUT2D eigenvalue weighted by molar-refractivity contribution is -0.117. The average Bonchev–Trinajstić information content (AvgIpc) is 3.23. The molecule has 22 heavy (non-hydrogen) atoms. The molecule has 0 atom stereocenters. The topological polar surface area (TPSA) is 58.2 Å². The zero-order valence-electron chi connectivity index (χ0n) is 12.9. The van der Waals surface area contributed by atoms with Crippen molar-refractivity contribution < 1.29 is 9.59 Å². The minimum Gasteiger partial charge on any atom is -0.326 e. The van der Waals surface area contributed by atoms with Crippen LogP contribution < -0.4 is 10.6 Å². The van der Waals surface area contributed by atoms with Crippen LogP contribution in [-0.2, 0) is 9.59 Å². The third-order valence-electron chi connectivity index (χ3n) is 4.62. The van der Waals surface area contributed by atoms with E-state index in [9.17, 15) is 9.59 Å². The lowest BCUT2D eigenvalue weighted by atomic mass is 10.0. The number of carbonyl (C=O) groups excluding carboxylic acids is 2. The first kappa shape index (κ1) is 15.1. The zero-order valence-corrected chi connectivity index (χ0v) is 12.9. The monoisotopic (exact) mass is 300 g/mol. The van der Waals surface area contributed by atoms with Crippen LogP contribution in [0.2, 0.25) is 0 Å². The second-order valence-electron chi connectivity index (χ2n) is 6.58. The summed E-state index contributed by atoms with van der Waals surface area (Å²) in [6, 6.07) is 7.40. The van der Waals surface area contributed by atoms with Crippen molar-refractivity contribution >= 4 is 23.2 Å². The molecule has 1 aromatic rings. The Morgan fingerprint density at radius 3 is 2.36 bits per heavy atom. The maximum Gasteiger partial charge on any atom is 0.227 e. The Kier molecular flexibility index (Phi) is 4.76. The van der Waals surface area contributed by atoms with Crippen LogP contribution in [0.5, 0.6) is 0 Å². The highest BCUT2D eigenvalue weighted by molar-refractivity contribution is 5.95.